The minimum atomic E-state index is -0.0871. The Kier molecular flexibility index (Phi) is 7.18. The number of carbonyl (C=O) groups is 1. The molecule has 21 heavy (non-hydrogen) atoms. The number of nitrogen functional groups attached to an aromatic ring is 1. The number of ether oxygens (including phenoxy) is 1. The van der Waals surface area contributed by atoms with Crippen molar-refractivity contribution in [3.05, 3.63) is 22.2 Å². The second kappa shape index (κ2) is 8.39. The predicted molar refractivity (Wildman–Crippen MR) is 91.4 cm³/mol. The number of aryl methyl sites for hydroxylation is 1. The van der Waals surface area contributed by atoms with E-state index in [0.717, 1.165) is 16.5 Å². The lowest BCUT2D eigenvalue weighted by Gasteiger charge is -2.15. The van der Waals surface area contributed by atoms with E-state index in [9.17, 15) is 4.79 Å². The van der Waals surface area contributed by atoms with Gasteiger partial charge in [-0.05, 0) is 43.9 Å². The first kappa shape index (κ1) is 18.0. The first-order valence-electron chi connectivity index (χ1n) is 7.26. The average molecular weight is 357 g/mol. The largest absolute Gasteiger partial charge is 0.397 e. The van der Waals surface area contributed by atoms with Crippen LogP contribution in [0.25, 0.3) is 0 Å². The van der Waals surface area contributed by atoms with Crippen LogP contribution < -0.4 is 11.1 Å². The molecule has 3 N–H and O–H groups in total. The summed E-state index contributed by atoms with van der Waals surface area (Å²) >= 11 is 3.40. The van der Waals surface area contributed by atoms with Crippen molar-refractivity contribution >= 4 is 33.2 Å². The van der Waals surface area contributed by atoms with Crippen molar-refractivity contribution in [3.63, 3.8) is 0 Å². The summed E-state index contributed by atoms with van der Waals surface area (Å²) in [5, 5.41) is 2.83. The zero-order valence-corrected chi connectivity index (χ0v) is 14.8. The number of benzene rings is 1. The molecule has 0 fully saturated rings. The van der Waals surface area contributed by atoms with Crippen LogP contribution in [0.2, 0.25) is 0 Å². The van der Waals surface area contributed by atoms with E-state index >= 15 is 0 Å². The molecule has 0 heterocycles. The molecule has 118 valence electrons. The van der Waals surface area contributed by atoms with Crippen LogP contribution in [0.5, 0.6) is 0 Å². The third kappa shape index (κ3) is 6.48. The SMILES string of the molecule is Cc1cc(Br)cc(NC(=O)CCOC(C)CC(C)C)c1N. The molecule has 0 radical (unpaired) electrons. The van der Waals surface area contributed by atoms with E-state index in [4.69, 9.17) is 10.5 Å². The second-order valence-electron chi connectivity index (χ2n) is 5.79. The number of nitrogens with one attached hydrogen (secondary N) is 1. The van der Waals surface area contributed by atoms with Crippen LogP contribution >= 0.6 is 15.9 Å². The molecule has 5 heteroatoms. The van der Waals surface area contributed by atoms with Gasteiger partial charge in [0.15, 0.2) is 0 Å². The molecule has 0 saturated carbocycles. The maximum absolute atomic E-state index is 11.9. The smallest absolute Gasteiger partial charge is 0.226 e. The molecule has 4 nitrogen and oxygen atoms in total. The Hall–Kier alpha value is -1.07. The summed E-state index contributed by atoms with van der Waals surface area (Å²) in [4.78, 5) is 11.9. The Morgan fingerprint density at radius 2 is 2.05 bits per heavy atom. The number of anilines is 2. The van der Waals surface area contributed by atoms with E-state index in [1.165, 1.54) is 0 Å². The molecule has 0 aliphatic rings. The van der Waals surface area contributed by atoms with Crippen molar-refractivity contribution in [2.45, 2.75) is 46.6 Å². The van der Waals surface area contributed by atoms with E-state index in [0.29, 0.717) is 30.3 Å². The van der Waals surface area contributed by atoms with Gasteiger partial charge in [0.2, 0.25) is 5.91 Å². The number of halogens is 1. The van der Waals surface area contributed by atoms with Crippen LogP contribution in [0.15, 0.2) is 16.6 Å². The number of nitrogens with two attached hydrogens (primary N) is 1. The topological polar surface area (TPSA) is 64.3 Å². The van der Waals surface area contributed by atoms with E-state index in [-0.39, 0.29) is 12.0 Å². The minimum absolute atomic E-state index is 0.0871. The van der Waals surface area contributed by atoms with Gasteiger partial charge in [0.1, 0.15) is 0 Å². The van der Waals surface area contributed by atoms with Crippen molar-refractivity contribution in [1.82, 2.24) is 0 Å². The lowest BCUT2D eigenvalue weighted by atomic mass is 10.1. The van der Waals surface area contributed by atoms with E-state index in [1.54, 1.807) is 0 Å². The molecule has 0 spiro atoms. The summed E-state index contributed by atoms with van der Waals surface area (Å²) < 4.78 is 6.53. The van der Waals surface area contributed by atoms with Crippen LogP contribution in [0.1, 0.15) is 39.2 Å². The molecule has 1 amide bonds. The fraction of sp³-hybridized carbons (Fsp3) is 0.562. The quantitative estimate of drug-likeness (QED) is 0.722. The van der Waals surface area contributed by atoms with Gasteiger partial charge in [-0.1, -0.05) is 29.8 Å². The highest BCUT2D eigenvalue weighted by Gasteiger charge is 2.10. The maximum Gasteiger partial charge on any atom is 0.226 e. The monoisotopic (exact) mass is 356 g/mol. The summed E-state index contributed by atoms with van der Waals surface area (Å²) in [6.07, 6.45) is 1.50. The highest BCUT2D eigenvalue weighted by atomic mass is 79.9. The fourth-order valence-electron chi connectivity index (χ4n) is 2.16. The number of hydrogen-bond acceptors (Lipinski definition) is 3. The summed E-state index contributed by atoms with van der Waals surface area (Å²) in [5.74, 6) is 0.509. The van der Waals surface area contributed by atoms with Crippen LogP contribution in [-0.2, 0) is 9.53 Å². The van der Waals surface area contributed by atoms with Gasteiger partial charge in [0.25, 0.3) is 0 Å². The van der Waals surface area contributed by atoms with Gasteiger partial charge in [0.05, 0.1) is 30.5 Å². The Labute approximate surface area is 135 Å². The molecular formula is C16H25BrN2O2. The minimum Gasteiger partial charge on any atom is -0.397 e. The van der Waals surface area contributed by atoms with Crippen LogP contribution in [-0.4, -0.2) is 18.6 Å². The van der Waals surface area contributed by atoms with Crippen molar-refractivity contribution in [2.24, 2.45) is 5.92 Å². The molecule has 1 atom stereocenters. The highest BCUT2D eigenvalue weighted by Crippen LogP contribution is 2.27. The van der Waals surface area contributed by atoms with Gasteiger partial charge in [-0.3, -0.25) is 4.79 Å². The number of rotatable bonds is 7. The van der Waals surface area contributed by atoms with E-state index < -0.39 is 0 Å². The van der Waals surface area contributed by atoms with Crippen molar-refractivity contribution < 1.29 is 9.53 Å². The lowest BCUT2D eigenvalue weighted by molar-refractivity contribution is -0.117. The first-order valence-corrected chi connectivity index (χ1v) is 8.06. The van der Waals surface area contributed by atoms with Crippen LogP contribution in [0.3, 0.4) is 0 Å². The molecule has 1 unspecified atom stereocenters. The Morgan fingerprint density at radius 1 is 1.38 bits per heavy atom. The third-order valence-corrected chi connectivity index (χ3v) is 3.62. The summed E-state index contributed by atoms with van der Waals surface area (Å²) in [7, 11) is 0. The molecule has 1 aromatic rings. The first-order chi connectivity index (χ1) is 9.79. The normalized spacial score (nSPS) is 12.5. The van der Waals surface area contributed by atoms with E-state index in [2.05, 4.69) is 35.1 Å². The maximum atomic E-state index is 11.9. The third-order valence-electron chi connectivity index (χ3n) is 3.16. The van der Waals surface area contributed by atoms with Gasteiger partial charge in [-0.15, -0.1) is 0 Å². The molecular weight excluding hydrogens is 332 g/mol. The Balaban J connectivity index is 2.44. The standard InChI is InChI=1S/C16H25BrN2O2/c1-10(2)7-12(4)21-6-5-15(20)19-14-9-13(17)8-11(3)16(14)18/h8-10,12H,5-7,18H2,1-4H3,(H,19,20). The van der Waals surface area contributed by atoms with Crippen LogP contribution in [0, 0.1) is 12.8 Å². The van der Waals surface area contributed by atoms with Crippen molar-refractivity contribution in [2.75, 3.05) is 17.7 Å². The molecule has 0 aromatic heterocycles. The average Bonchev–Trinajstić information content (AvgIpc) is 2.34. The zero-order chi connectivity index (χ0) is 16.0. The van der Waals surface area contributed by atoms with Gasteiger partial charge < -0.3 is 15.8 Å². The summed E-state index contributed by atoms with van der Waals surface area (Å²) in [6.45, 7) is 8.68. The highest BCUT2D eigenvalue weighted by molar-refractivity contribution is 9.10. The molecule has 0 aliphatic carbocycles. The van der Waals surface area contributed by atoms with Gasteiger partial charge in [0, 0.05) is 4.47 Å². The van der Waals surface area contributed by atoms with Gasteiger partial charge in [-0.2, -0.15) is 0 Å². The lowest BCUT2D eigenvalue weighted by Crippen LogP contribution is -2.18. The van der Waals surface area contributed by atoms with Crippen molar-refractivity contribution in [3.8, 4) is 0 Å². The van der Waals surface area contributed by atoms with E-state index in [1.807, 2.05) is 26.0 Å². The molecule has 0 bridgehead atoms. The summed E-state index contributed by atoms with van der Waals surface area (Å²) in [6, 6.07) is 3.73. The fourth-order valence-corrected chi connectivity index (χ4v) is 2.73. The van der Waals surface area contributed by atoms with Gasteiger partial charge >= 0.3 is 0 Å². The van der Waals surface area contributed by atoms with Crippen LogP contribution in [0.4, 0.5) is 11.4 Å². The summed E-state index contributed by atoms with van der Waals surface area (Å²) in [5.41, 5.74) is 8.14. The molecule has 1 rings (SSSR count). The molecule has 0 saturated heterocycles. The Bertz CT molecular complexity index is 489. The van der Waals surface area contributed by atoms with Gasteiger partial charge in [-0.25, -0.2) is 0 Å². The number of hydrogen-bond donors (Lipinski definition) is 2. The van der Waals surface area contributed by atoms with Crippen molar-refractivity contribution in [1.29, 1.82) is 0 Å². The molecule has 0 aliphatic heterocycles. The number of amides is 1. The molecule has 1 aromatic carbocycles. The second-order valence-corrected chi connectivity index (χ2v) is 6.71. The Morgan fingerprint density at radius 3 is 2.67 bits per heavy atom. The number of carbonyl (C=O) groups excluding carboxylic acids is 1. The predicted octanol–water partition coefficient (Wildman–Crippen LogP) is 4.12. The zero-order valence-electron chi connectivity index (χ0n) is 13.2.